The summed E-state index contributed by atoms with van der Waals surface area (Å²) >= 11 is 0. The minimum Gasteiger partial charge on any atom is -0.447 e. The standard InChI is InChI=1S/C22H42N4O4/c1-17(2)25-10-8-22(9-11-25,23-19(27)29-18(3)4)16-24-12-14-26(15-13-24)20(28)30-21(5,6)7/h17-18H,8-16H2,1-7H3,(H,23,27). The number of likely N-dealkylation sites (tertiary alicyclic amines) is 1. The molecule has 2 amide bonds. The van der Waals surface area contributed by atoms with Crippen LogP contribution in [0.2, 0.25) is 0 Å². The van der Waals surface area contributed by atoms with Crippen molar-refractivity contribution in [2.24, 2.45) is 0 Å². The second-order valence-corrected chi connectivity index (χ2v) is 10.2. The fourth-order valence-electron chi connectivity index (χ4n) is 4.09. The highest BCUT2D eigenvalue weighted by Gasteiger charge is 2.39. The Morgan fingerprint density at radius 1 is 0.967 bits per heavy atom. The van der Waals surface area contributed by atoms with E-state index in [0.717, 1.165) is 45.6 Å². The summed E-state index contributed by atoms with van der Waals surface area (Å²) in [6.45, 7) is 19.3. The van der Waals surface area contributed by atoms with Crippen molar-refractivity contribution >= 4 is 12.2 Å². The third-order valence-electron chi connectivity index (χ3n) is 5.75. The first-order chi connectivity index (χ1) is 13.9. The summed E-state index contributed by atoms with van der Waals surface area (Å²) < 4.78 is 10.9. The molecule has 0 radical (unpaired) electrons. The molecule has 0 unspecified atom stereocenters. The van der Waals surface area contributed by atoms with Gasteiger partial charge in [-0.25, -0.2) is 9.59 Å². The number of piperazine rings is 1. The van der Waals surface area contributed by atoms with Gasteiger partial charge in [-0.3, -0.25) is 4.90 Å². The molecule has 0 aliphatic carbocycles. The van der Waals surface area contributed by atoms with Crippen LogP contribution in [0.4, 0.5) is 9.59 Å². The van der Waals surface area contributed by atoms with Crippen molar-refractivity contribution in [3.63, 3.8) is 0 Å². The SMILES string of the molecule is CC(C)OC(=O)NC1(CN2CCN(C(=O)OC(C)(C)C)CC2)CCN(C(C)C)CC1. The maximum absolute atomic E-state index is 12.4. The monoisotopic (exact) mass is 426 g/mol. The van der Waals surface area contributed by atoms with E-state index in [4.69, 9.17) is 9.47 Å². The zero-order valence-corrected chi connectivity index (χ0v) is 20.0. The smallest absolute Gasteiger partial charge is 0.410 e. The molecule has 2 saturated heterocycles. The molecule has 0 bridgehead atoms. The molecule has 0 saturated carbocycles. The van der Waals surface area contributed by atoms with Gasteiger partial charge in [-0.2, -0.15) is 0 Å². The Balaban J connectivity index is 1.96. The Morgan fingerprint density at radius 3 is 2.00 bits per heavy atom. The molecule has 0 atom stereocenters. The predicted molar refractivity (Wildman–Crippen MR) is 118 cm³/mol. The maximum atomic E-state index is 12.4. The Hall–Kier alpha value is -1.54. The van der Waals surface area contributed by atoms with Gasteiger partial charge in [-0.1, -0.05) is 0 Å². The minimum atomic E-state index is -0.483. The van der Waals surface area contributed by atoms with Gasteiger partial charge in [0, 0.05) is 51.9 Å². The van der Waals surface area contributed by atoms with Crippen LogP contribution >= 0.6 is 0 Å². The third kappa shape index (κ3) is 7.61. The van der Waals surface area contributed by atoms with Gasteiger partial charge in [-0.05, 0) is 61.3 Å². The molecule has 0 aromatic carbocycles. The summed E-state index contributed by atoms with van der Waals surface area (Å²) in [5.41, 5.74) is -0.783. The van der Waals surface area contributed by atoms with Crippen molar-refractivity contribution in [2.45, 2.75) is 84.6 Å². The zero-order valence-electron chi connectivity index (χ0n) is 20.0. The summed E-state index contributed by atoms with van der Waals surface area (Å²) in [6.07, 6.45) is 1.06. The Labute approximate surface area is 182 Å². The molecule has 8 heteroatoms. The lowest BCUT2D eigenvalue weighted by molar-refractivity contribution is 0.00853. The normalized spacial score (nSPS) is 21.0. The number of piperidine rings is 1. The van der Waals surface area contributed by atoms with Crippen LogP contribution < -0.4 is 5.32 Å². The second kappa shape index (κ2) is 10.2. The van der Waals surface area contributed by atoms with Crippen molar-refractivity contribution in [3.8, 4) is 0 Å². The first-order valence-corrected chi connectivity index (χ1v) is 11.3. The first-order valence-electron chi connectivity index (χ1n) is 11.3. The Kier molecular flexibility index (Phi) is 8.39. The molecule has 1 N–H and O–H groups in total. The number of amides is 2. The zero-order chi connectivity index (χ0) is 22.5. The van der Waals surface area contributed by atoms with E-state index in [1.165, 1.54) is 0 Å². The van der Waals surface area contributed by atoms with Gasteiger partial charge < -0.3 is 24.6 Å². The minimum absolute atomic E-state index is 0.143. The highest BCUT2D eigenvalue weighted by molar-refractivity contribution is 5.69. The summed E-state index contributed by atoms with van der Waals surface area (Å²) in [6, 6.07) is 0.503. The number of nitrogens with one attached hydrogen (secondary N) is 1. The van der Waals surface area contributed by atoms with Crippen LogP contribution in [0.1, 0.15) is 61.3 Å². The summed E-state index contributed by atoms with van der Waals surface area (Å²) in [5.74, 6) is 0. The van der Waals surface area contributed by atoms with Crippen LogP contribution in [0.3, 0.4) is 0 Å². The van der Waals surface area contributed by atoms with Crippen LogP contribution in [0, 0.1) is 0 Å². The topological polar surface area (TPSA) is 74.3 Å². The van der Waals surface area contributed by atoms with Gasteiger partial charge in [0.25, 0.3) is 0 Å². The first kappa shape index (κ1) is 24.7. The molecule has 30 heavy (non-hydrogen) atoms. The van der Waals surface area contributed by atoms with Gasteiger partial charge in [0.05, 0.1) is 11.6 Å². The van der Waals surface area contributed by atoms with Gasteiger partial charge in [0.2, 0.25) is 0 Å². The van der Waals surface area contributed by atoms with Gasteiger partial charge in [0.15, 0.2) is 0 Å². The fourth-order valence-corrected chi connectivity index (χ4v) is 4.09. The molecule has 174 valence electrons. The molecule has 8 nitrogen and oxygen atoms in total. The van der Waals surface area contributed by atoms with E-state index in [0.29, 0.717) is 19.1 Å². The average Bonchev–Trinajstić information content (AvgIpc) is 2.60. The lowest BCUT2D eigenvalue weighted by Gasteiger charge is -2.47. The molecule has 2 fully saturated rings. The number of carbonyl (C=O) groups is 2. The fraction of sp³-hybridized carbons (Fsp3) is 0.909. The molecule has 0 aromatic heterocycles. The van der Waals surface area contributed by atoms with Crippen LogP contribution in [-0.4, -0.2) is 96.0 Å². The molecular weight excluding hydrogens is 384 g/mol. The van der Waals surface area contributed by atoms with Gasteiger partial charge in [-0.15, -0.1) is 0 Å². The third-order valence-corrected chi connectivity index (χ3v) is 5.75. The number of alkyl carbamates (subject to hydrolysis) is 1. The number of carbonyl (C=O) groups excluding carboxylic acids is 2. The van der Waals surface area contributed by atoms with E-state index in [1.807, 2.05) is 34.6 Å². The van der Waals surface area contributed by atoms with E-state index in [2.05, 4.69) is 29.0 Å². The van der Waals surface area contributed by atoms with E-state index < -0.39 is 5.60 Å². The molecule has 2 rings (SSSR count). The maximum Gasteiger partial charge on any atom is 0.410 e. The van der Waals surface area contributed by atoms with Crippen molar-refractivity contribution in [3.05, 3.63) is 0 Å². The molecule has 2 heterocycles. The predicted octanol–water partition coefficient (Wildman–Crippen LogP) is 2.92. The highest BCUT2D eigenvalue weighted by Crippen LogP contribution is 2.26. The van der Waals surface area contributed by atoms with Crippen molar-refractivity contribution in [1.29, 1.82) is 0 Å². The number of hydrogen-bond donors (Lipinski definition) is 1. The van der Waals surface area contributed by atoms with E-state index in [-0.39, 0.29) is 23.8 Å². The summed E-state index contributed by atoms with van der Waals surface area (Å²) in [4.78, 5) is 31.3. The van der Waals surface area contributed by atoms with Crippen LogP contribution in [0.5, 0.6) is 0 Å². The summed E-state index contributed by atoms with van der Waals surface area (Å²) in [7, 11) is 0. The molecule has 0 spiro atoms. The van der Waals surface area contributed by atoms with E-state index in [9.17, 15) is 9.59 Å². The van der Waals surface area contributed by atoms with Crippen LogP contribution in [0.15, 0.2) is 0 Å². The number of nitrogens with zero attached hydrogens (tertiary/aromatic N) is 3. The molecule has 0 aromatic rings. The number of rotatable bonds is 5. The summed E-state index contributed by atoms with van der Waals surface area (Å²) in [5, 5.41) is 3.20. The average molecular weight is 427 g/mol. The molecular formula is C22H42N4O4. The van der Waals surface area contributed by atoms with Gasteiger partial charge >= 0.3 is 12.2 Å². The van der Waals surface area contributed by atoms with Crippen LogP contribution in [0.25, 0.3) is 0 Å². The van der Waals surface area contributed by atoms with Crippen molar-refractivity contribution < 1.29 is 19.1 Å². The van der Waals surface area contributed by atoms with Crippen molar-refractivity contribution in [1.82, 2.24) is 20.0 Å². The van der Waals surface area contributed by atoms with E-state index in [1.54, 1.807) is 4.90 Å². The lowest BCUT2D eigenvalue weighted by atomic mass is 9.86. The van der Waals surface area contributed by atoms with Crippen molar-refractivity contribution in [2.75, 3.05) is 45.8 Å². The Morgan fingerprint density at radius 2 is 1.53 bits per heavy atom. The number of ether oxygens (including phenoxy) is 2. The quantitative estimate of drug-likeness (QED) is 0.729. The Bertz CT molecular complexity index is 572. The van der Waals surface area contributed by atoms with Gasteiger partial charge in [0.1, 0.15) is 5.60 Å². The van der Waals surface area contributed by atoms with E-state index >= 15 is 0 Å². The highest BCUT2D eigenvalue weighted by atomic mass is 16.6. The number of hydrogen-bond acceptors (Lipinski definition) is 6. The largest absolute Gasteiger partial charge is 0.447 e. The second-order valence-electron chi connectivity index (χ2n) is 10.2. The molecule has 2 aliphatic heterocycles. The van der Waals surface area contributed by atoms with Crippen LogP contribution in [-0.2, 0) is 9.47 Å². The molecule has 2 aliphatic rings. The lowest BCUT2D eigenvalue weighted by Crippen LogP contribution is -2.63.